The number of amidine groups is 2. The SMILES string of the molecule is CC(C)(C)C1=C(Cl)CN=N1.CC1=C(C(C)(C)C)N=CC1.CC1=NC(C(C)(C)C)=NC1.CC1=NCC(C(C)(C)C)=N1.CCCn1cc(C(C)(C)C)nn1.CCOn1cc(C(C)(C)C)nn1.COn1cc(C(C)(C)C)nn1.Cn1cc(C(C)(C)C)nn1.Cn1cc(C(C)(C)C)nn1.Cn1cncc1C(C)(C)C.Cn1ncc(C(C)(C)C)n1. The molecule has 29 nitrogen and oxygen atoms in total. The molecule has 0 aliphatic carbocycles. The lowest BCUT2D eigenvalue weighted by Crippen LogP contribution is -2.21. The lowest BCUT2D eigenvalue weighted by molar-refractivity contribution is 0.0883. The van der Waals surface area contributed by atoms with Gasteiger partial charge in [-0.25, -0.2) is 15.0 Å². The molecule has 115 heavy (non-hydrogen) atoms. The van der Waals surface area contributed by atoms with Crippen LogP contribution in [0.2, 0.25) is 0 Å². The van der Waals surface area contributed by atoms with E-state index in [0.29, 0.717) is 13.2 Å². The maximum absolute atomic E-state index is 5.85. The van der Waals surface area contributed by atoms with Gasteiger partial charge in [-0.05, 0) is 50.1 Å². The molecular weight excluding hydrogens is 1470 g/mol. The zero-order valence-corrected chi connectivity index (χ0v) is 80.2. The van der Waals surface area contributed by atoms with E-state index < -0.39 is 0 Å². The second-order valence-corrected chi connectivity index (χ2v) is 40.6. The van der Waals surface area contributed by atoms with Crippen molar-refractivity contribution in [3.8, 4) is 0 Å². The molecule has 0 unspecified atom stereocenters. The van der Waals surface area contributed by atoms with Crippen LogP contribution in [0, 0.1) is 21.7 Å². The Labute approximate surface area is 697 Å². The number of imidazole rings is 1. The summed E-state index contributed by atoms with van der Waals surface area (Å²) in [6.07, 6.45) is 19.2. The van der Waals surface area contributed by atoms with Crippen LogP contribution in [-0.4, -0.2) is 163 Å². The molecule has 0 N–H and O–H groups in total. The number of aliphatic imine (C=N–C) groups is 5. The summed E-state index contributed by atoms with van der Waals surface area (Å²) >= 11 is 5.85. The van der Waals surface area contributed by atoms with Gasteiger partial charge in [-0.2, -0.15) is 25.2 Å². The number of halogens is 1. The Morgan fingerprint density at radius 1 is 0.452 bits per heavy atom. The lowest BCUT2D eigenvalue weighted by Gasteiger charge is -2.18. The van der Waals surface area contributed by atoms with Gasteiger partial charge >= 0.3 is 0 Å². The van der Waals surface area contributed by atoms with Gasteiger partial charge in [0.25, 0.3) is 0 Å². The van der Waals surface area contributed by atoms with Crippen molar-refractivity contribution < 1.29 is 9.68 Å². The van der Waals surface area contributed by atoms with E-state index in [1.165, 1.54) is 32.4 Å². The van der Waals surface area contributed by atoms with Gasteiger partial charge in [0.2, 0.25) is 0 Å². The van der Waals surface area contributed by atoms with E-state index >= 15 is 0 Å². The van der Waals surface area contributed by atoms with Gasteiger partial charge in [-0.3, -0.25) is 29.0 Å². The van der Waals surface area contributed by atoms with Crippen molar-refractivity contribution in [2.45, 2.75) is 320 Å². The summed E-state index contributed by atoms with van der Waals surface area (Å²) in [6.45, 7) is 84.2. The van der Waals surface area contributed by atoms with Crippen LogP contribution in [0.4, 0.5) is 0 Å². The van der Waals surface area contributed by atoms with Crippen molar-refractivity contribution >= 4 is 40.9 Å². The van der Waals surface area contributed by atoms with E-state index in [4.69, 9.17) is 21.3 Å². The average molecular weight is 1620 g/mol. The lowest BCUT2D eigenvalue weighted by atomic mass is 9.90. The van der Waals surface area contributed by atoms with Crippen LogP contribution in [0.25, 0.3) is 0 Å². The number of rotatable bonds is 5. The van der Waals surface area contributed by atoms with E-state index in [1.807, 2.05) is 97.2 Å². The number of allylic oxidation sites excluding steroid dienone is 3. The molecule has 0 aromatic carbocycles. The molecule has 0 spiro atoms. The maximum Gasteiger partial charge on any atom is 0.128 e. The molecule has 4 aliphatic heterocycles. The van der Waals surface area contributed by atoms with Crippen LogP contribution in [-0.2, 0) is 72.6 Å². The van der Waals surface area contributed by atoms with E-state index in [0.717, 1.165) is 94.8 Å². The molecular formula is C85H152ClN27O2. The van der Waals surface area contributed by atoms with Crippen molar-refractivity contribution in [2.75, 3.05) is 33.4 Å². The van der Waals surface area contributed by atoms with Gasteiger partial charge in [0.05, 0.1) is 89.4 Å². The first kappa shape index (κ1) is 104. The van der Waals surface area contributed by atoms with Crippen LogP contribution in [0.3, 0.4) is 0 Å². The number of hydrogen-bond donors (Lipinski definition) is 0. The van der Waals surface area contributed by atoms with Gasteiger partial charge in [0.1, 0.15) is 25.4 Å². The van der Waals surface area contributed by atoms with Crippen LogP contribution >= 0.6 is 11.6 Å². The summed E-state index contributed by atoms with van der Waals surface area (Å²) in [6, 6.07) is 0. The predicted octanol–water partition coefficient (Wildman–Crippen LogP) is 18.2. The summed E-state index contributed by atoms with van der Waals surface area (Å²) < 4.78 is 7.40. The number of nitrogens with zero attached hydrogens (tertiary/aromatic N) is 27. The van der Waals surface area contributed by atoms with Crippen molar-refractivity contribution in [3.05, 3.63) is 112 Å². The fourth-order valence-electron chi connectivity index (χ4n) is 9.48. The van der Waals surface area contributed by atoms with E-state index in [1.54, 1.807) is 33.7 Å². The highest BCUT2D eigenvalue weighted by molar-refractivity contribution is 6.30. The Balaban J connectivity index is 0.000000633. The van der Waals surface area contributed by atoms with Gasteiger partial charge in [0.15, 0.2) is 0 Å². The van der Waals surface area contributed by atoms with Gasteiger partial charge in [-0.15, -0.1) is 25.5 Å². The number of azo groups is 1. The monoisotopic (exact) mass is 1620 g/mol. The summed E-state index contributed by atoms with van der Waals surface area (Å²) in [5, 5.41) is 56.1. The van der Waals surface area contributed by atoms with Crippen LogP contribution < -0.4 is 9.68 Å². The third-order valence-electron chi connectivity index (χ3n) is 16.5. The second-order valence-electron chi connectivity index (χ2n) is 40.1. The Hall–Kier alpha value is -8.63. The smallest absolute Gasteiger partial charge is 0.128 e. The third kappa shape index (κ3) is 40.2. The Morgan fingerprint density at radius 2 is 0.904 bits per heavy atom. The fourth-order valence-corrected chi connectivity index (χ4v) is 9.85. The zero-order valence-electron chi connectivity index (χ0n) is 79.4. The molecule has 0 atom stereocenters. The standard InChI is InChI=1S/C9H17N3.C9H15N.C8H15N3O.3C8H14N2.C7H11ClN2.C7H13N3O.3C7H13N3/c1-5-6-12-7-8(10-11-12)9(2,3)4;1-7-5-6-10-8(7)9(2,3)4;1-5-12-11-6-7(9-10-11)8(2,3)4;1-8(2,3)7-5-9-6-10(7)4;1-6-9-5-7(10-6)8(2,3)4;1-6-5-9-7(10-6)8(2,3)4;1-7(2,3)6-5(8)4-9-10-6;1-7(2,3)6-5-10(11-4)9-8-6;2*1-7(2,3)6-5-10(4)9-8-6;1-7(2,3)6-5-8-10(4)9-6/h7H,5-6H2,1-4H3;6H,5H2,1-4H3;6H,5H2,1-4H3;5-6H,1-4H3;2*5H2,1-4H3;4H2,1-3H3;5H,1-4H3;3*5H,1-4H3. The normalized spacial score (nSPS) is 14.3. The Bertz CT molecular complexity index is 4060. The average Bonchev–Trinajstić information content (AvgIpc) is 1.73. The first-order valence-electron chi connectivity index (χ1n) is 39.8. The topological polar surface area (TPSA) is 307 Å². The van der Waals surface area contributed by atoms with Crippen molar-refractivity contribution in [3.63, 3.8) is 0 Å². The molecule has 4 aliphatic rings. The minimum absolute atomic E-state index is 0.0371. The minimum atomic E-state index is 0.0371. The molecule has 0 fully saturated rings. The fraction of sp³-hybridized carbons (Fsp3) is 0.718. The highest BCUT2D eigenvalue weighted by Gasteiger charge is 2.27. The second kappa shape index (κ2) is 44.1. The molecule has 646 valence electrons. The van der Waals surface area contributed by atoms with Gasteiger partial charge in [0, 0.05) is 155 Å². The molecule has 0 saturated carbocycles. The summed E-state index contributed by atoms with van der Waals surface area (Å²) in [4.78, 5) is 39.8. The van der Waals surface area contributed by atoms with Crippen LogP contribution in [0.1, 0.15) is 316 Å². The van der Waals surface area contributed by atoms with Crippen LogP contribution in [0.5, 0.6) is 0 Å². The van der Waals surface area contributed by atoms with Crippen molar-refractivity contribution in [2.24, 2.45) is 85.0 Å². The van der Waals surface area contributed by atoms with E-state index in [-0.39, 0.29) is 59.6 Å². The molecule has 7 aromatic heterocycles. The maximum atomic E-state index is 5.85. The third-order valence-corrected chi connectivity index (χ3v) is 16.8. The van der Waals surface area contributed by atoms with Crippen molar-refractivity contribution in [1.29, 1.82) is 0 Å². The number of aromatic nitrogens is 20. The highest BCUT2D eigenvalue weighted by atomic mass is 35.5. The molecule has 30 heteroatoms. The zero-order chi connectivity index (χ0) is 89.1. The highest BCUT2D eigenvalue weighted by Crippen LogP contribution is 2.35. The minimum Gasteiger partial charge on any atom is -0.399 e. The largest absolute Gasteiger partial charge is 0.399 e. The Kier molecular flexibility index (Phi) is 40.0. The Morgan fingerprint density at radius 3 is 1.13 bits per heavy atom. The van der Waals surface area contributed by atoms with Gasteiger partial charge < -0.3 is 14.2 Å². The molecule has 0 radical (unpaired) electrons. The van der Waals surface area contributed by atoms with Crippen LogP contribution in [0.15, 0.2) is 107 Å². The summed E-state index contributed by atoms with van der Waals surface area (Å²) in [7, 11) is 9.16. The molecule has 0 amide bonds. The predicted molar refractivity (Wildman–Crippen MR) is 474 cm³/mol. The number of hydrogen-bond acceptors (Lipinski definition) is 22. The molecule has 11 heterocycles. The molecule has 0 saturated heterocycles. The number of aryl methyl sites for hydroxylation is 5. The summed E-state index contributed by atoms with van der Waals surface area (Å²) in [5.41, 5.74) is 14.6. The molecule has 7 aromatic rings. The molecule has 11 rings (SSSR count). The first-order chi connectivity index (χ1) is 52.2. The van der Waals surface area contributed by atoms with E-state index in [9.17, 15) is 0 Å². The first-order valence-corrected chi connectivity index (χ1v) is 40.2. The summed E-state index contributed by atoms with van der Waals surface area (Å²) in [5.74, 6) is 1.91. The van der Waals surface area contributed by atoms with E-state index in [2.05, 4.69) is 349 Å². The van der Waals surface area contributed by atoms with Gasteiger partial charge in [-0.1, -0.05) is 272 Å². The van der Waals surface area contributed by atoms with Crippen molar-refractivity contribution in [1.82, 2.24) is 99.8 Å². The molecule has 0 bridgehead atoms. The quantitative estimate of drug-likeness (QED) is 0.155.